The lowest BCUT2D eigenvalue weighted by Crippen LogP contribution is -2.60. The summed E-state index contributed by atoms with van der Waals surface area (Å²) in [5.74, 6) is 1.98. The number of rotatable bonds is 1. The van der Waals surface area contributed by atoms with Gasteiger partial charge in [-0.05, 0) is 13.8 Å². The third-order valence-electron chi connectivity index (χ3n) is 2.74. The van der Waals surface area contributed by atoms with E-state index in [9.17, 15) is 5.11 Å². The van der Waals surface area contributed by atoms with Crippen LogP contribution in [0, 0.1) is 0 Å². The lowest BCUT2D eigenvalue weighted by Gasteiger charge is -2.44. The van der Waals surface area contributed by atoms with E-state index in [1.807, 2.05) is 11.8 Å². The molecule has 1 saturated heterocycles. The molecule has 80 valence electrons. The summed E-state index contributed by atoms with van der Waals surface area (Å²) in [4.78, 5) is 4.23. The first kappa shape index (κ1) is 10.1. The van der Waals surface area contributed by atoms with E-state index in [0.29, 0.717) is 23.9 Å². The van der Waals surface area contributed by atoms with Gasteiger partial charge in [-0.25, -0.2) is 0 Å². The first-order valence-electron chi connectivity index (χ1n) is 4.95. The molecule has 1 fully saturated rings. The summed E-state index contributed by atoms with van der Waals surface area (Å²) in [5, 5.41) is 15.7. The predicted molar refractivity (Wildman–Crippen MR) is 59.8 cm³/mol. The number of nitrogens with zero attached hydrogens (tertiary/aromatic N) is 1. The molecule has 0 bridgehead atoms. The molecule has 0 saturated carbocycles. The third kappa shape index (κ3) is 1.98. The number of guanidine groups is 1. The Kier molecular flexibility index (Phi) is 2.62. The SMILES string of the molecule is CC1(C)SCC1NC1=NCC(O)CN1. The summed E-state index contributed by atoms with van der Waals surface area (Å²) in [6.07, 6.45) is -0.329. The zero-order valence-electron chi connectivity index (χ0n) is 8.58. The van der Waals surface area contributed by atoms with Crippen LogP contribution >= 0.6 is 11.8 Å². The van der Waals surface area contributed by atoms with Crippen molar-refractivity contribution >= 4 is 17.7 Å². The van der Waals surface area contributed by atoms with Crippen molar-refractivity contribution in [3.05, 3.63) is 0 Å². The van der Waals surface area contributed by atoms with Crippen LogP contribution in [0.1, 0.15) is 13.8 Å². The molecule has 0 radical (unpaired) electrons. The van der Waals surface area contributed by atoms with E-state index in [2.05, 4.69) is 29.5 Å². The number of β-amino-alcohol motifs (C(OH)–C–C–N with tert-alkyl or cyclic N) is 1. The Morgan fingerprint density at radius 2 is 2.43 bits per heavy atom. The Hall–Kier alpha value is -0.420. The number of thioether (sulfide) groups is 1. The molecule has 5 heteroatoms. The second-order valence-corrected chi connectivity index (χ2v) is 6.01. The Bertz CT molecular complexity index is 254. The first-order chi connectivity index (χ1) is 6.58. The highest BCUT2D eigenvalue weighted by Gasteiger charge is 2.40. The summed E-state index contributed by atoms with van der Waals surface area (Å²) >= 11 is 1.97. The van der Waals surface area contributed by atoms with Crippen molar-refractivity contribution in [3.63, 3.8) is 0 Å². The van der Waals surface area contributed by atoms with Crippen molar-refractivity contribution < 1.29 is 5.11 Å². The monoisotopic (exact) mass is 215 g/mol. The molecule has 0 spiro atoms. The fourth-order valence-electron chi connectivity index (χ4n) is 1.51. The van der Waals surface area contributed by atoms with Crippen molar-refractivity contribution in [2.75, 3.05) is 18.8 Å². The van der Waals surface area contributed by atoms with Gasteiger partial charge in [0.25, 0.3) is 0 Å². The summed E-state index contributed by atoms with van der Waals surface area (Å²) < 4.78 is 0.306. The Morgan fingerprint density at radius 3 is 2.86 bits per heavy atom. The van der Waals surface area contributed by atoms with Gasteiger partial charge in [-0.1, -0.05) is 0 Å². The van der Waals surface area contributed by atoms with Crippen LogP contribution in [0.25, 0.3) is 0 Å². The lowest BCUT2D eigenvalue weighted by molar-refractivity contribution is 0.180. The molecule has 4 nitrogen and oxygen atoms in total. The second-order valence-electron chi connectivity index (χ2n) is 4.34. The normalized spacial score (nSPS) is 35.2. The molecule has 2 aliphatic rings. The molecular weight excluding hydrogens is 198 g/mol. The maximum atomic E-state index is 9.23. The van der Waals surface area contributed by atoms with Gasteiger partial charge in [-0.15, -0.1) is 0 Å². The molecule has 0 aliphatic carbocycles. The number of aliphatic imine (C=N–C) groups is 1. The summed E-state index contributed by atoms with van der Waals surface area (Å²) in [6.45, 7) is 5.58. The van der Waals surface area contributed by atoms with Crippen molar-refractivity contribution in [1.82, 2.24) is 10.6 Å². The molecule has 0 aromatic heterocycles. The molecule has 2 atom stereocenters. The number of nitrogens with one attached hydrogen (secondary N) is 2. The van der Waals surface area contributed by atoms with Crippen LogP contribution in [0.4, 0.5) is 0 Å². The van der Waals surface area contributed by atoms with Crippen LogP contribution < -0.4 is 10.6 Å². The van der Waals surface area contributed by atoms with Gasteiger partial charge in [-0.3, -0.25) is 4.99 Å². The van der Waals surface area contributed by atoms with E-state index in [1.54, 1.807) is 0 Å². The van der Waals surface area contributed by atoms with E-state index >= 15 is 0 Å². The van der Waals surface area contributed by atoms with E-state index in [1.165, 1.54) is 0 Å². The maximum Gasteiger partial charge on any atom is 0.191 e. The molecule has 0 aromatic rings. The molecular formula is C9H17N3OS. The van der Waals surface area contributed by atoms with Crippen molar-refractivity contribution in [3.8, 4) is 0 Å². The zero-order chi connectivity index (χ0) is 10.2. The molecule has 2 heterocycles. The number of aliphatic hydroxyl groups is 1. The van der Waals surface area contributed by atoms with Crippen molar-refractivity contribution in [2.45, 2.75) is 30.7 Å². The standard InChI is InChI=1S/C9H17N3OS/c1-9(2)7(5-14-9)12-8-10-3-6(13)4-11-8/h6-7,13H,3-5H2,1-2H3,(H2,10,11,12). The third-order valence-corrected chi connectivity index (χ3v) is 4.27. The Morgan fingerprint density at radius 1 is 1.64 bits per heavy atom. The van der Waals surface area contributed by atoms with Gasteiger partial charge in [-0.2, -0.15) is 11.8 Å². The molecule has 0 amide bonds. The van der Waals surface area contributed by atoms with Crippen LogP contribution in [0.5, 0.6) is 0 Å². The second kappa shape index (κ2) is 3.62. The minimum Gasteiger partial charge on any atom is -0.389 e. The summed E-state index contributed by atoms with van der Waals surface area (Å²) in [5.41, 5.74) is 0. The smallest absolute Gasteiger partial charge is 0.191 e. The van der Waals surface area contributed by atoms with Gasteiger partial charge >= 0.3 is 0 Å². The average Bonchev–Trinajstić information content (AvgIpc) is 2.15. The van der Waals surface area contributed by atoms with Gasteiger partial charge in [0.15, 0.2) is 5.96 Å². The maximum absolute atomic E-state index is 9.23. The molecule has 3 N–H and O–H groups in total. The van der Waals surface area contributed by atoms with Gasteiger partial charge in [0.05, 0.1) is 18.7 Å². The van der Waals surface area contributed by atoms with E-state index in [0.717, 1.165) is 11.7 Å². The number of hydrogen-bond acceptors (Lipinski definition) is 5. The van der Waals surface area contributed by atoms with Crippen molar-refractivity contribution in [1.29, 1.82) is 0 Å². The highest BCUT2D eigenvalue weighted by molar-refractivity contribution is 8.02. The molecule has 2 unspecified atom stereocenters. The predicted octanol–water partition coefficient (Wildman–Crippen LogP) is -0.210. The van der Waals surface area contributed by atoms with Gasteiger partial charge in [0, 0.05) is 17.0 Å². The van der Waals surface area contributed by atoms with Crippen LogP contribution in [-0.4, -0.2) is 46.8 Å². The zero-order valence-corrected chi connectivity index (χ0v) is 9.40. The summed E-state index contributed by atoms with van der Waals surface area (Å²) in [6, 6.07) is 0.494. The first-order valence-corrected chi connectivity index (χ1v) is 5.93. The van der Waals surface area contributed by atoms with E-state index in [4.69, 9.17) is 0 Å². The average molecular weight is 215 g/mol. The van der Waals surface area contributed by atoms with Gasteiger partial charge < -0.3 is 15.7 Å². The largest absolute Gasteiger partial charge is 0.389 e. The van der Waals surface area contributed by atoms with Crippen LogP contribution in [0.3, 0.4) is 0 Å². The lowest BCUT2D eigenvalue weighted by atomic mass is 10.0. The quantitative estimate of drug-likeness (QED) is 0.566. The molecule has 2 rings (SSSR count). The molecule has 2 aliphatic heterocycles. The highest BCUT2D eigenvalue weighted by Crippen LogP contribution is 2.39. The van der Waals surface area contributed by atoms with Crippen LogP contribution in [0.2, 0.25) is 0 Å². The number of hydrogen-bond donors (Lipinski definition) is 3. The Balaban J connectivity index is 1.86. The topological polar surface area (TPSA) is 56.7 Å². The highest BCUT2D eigenvalue weighted by atomic mass is 32.2. The van der Waals surface area contributed by atoms with Crippen LogP contribution in [0.15, 0.2) is 4.99 Å². The molecule has 0 aromatic carbocycles. The van der Waals surface area contributed by atoms with Crippen LogP contribution in [-0.2, 0) is 0 Å². The van der Waals surface area contributed by atoms with Gasteiger partial charge in [0.1, 0.15) is 0 Å². The van der Waals surface area contributed by atoms with Gasteiger partial charge in [0.2, 0.25) is 0 Å². The minimum atomic E-state index is -0.329. The summed E-state index contributed by atoms with van der Waals surface area (Å²) in [7, 11) is 0. The van der Waals surface area contributed by atoms with E-state index in [-0.39, 0.29) is 6.10 Å². The fourth-order valence-corrected chi connectivity index (χ4v) is 2.65. The van der Waals surface area contributed by atoms with E-state index < -0.39 is 0 Å². The number of aliphatic hydroxyl groups excluding tert-OH is 1. The van der Waals surface area contributed by atoms with Crippen molar-refractivity contribution in [2.24, 2.45) is 4.99 Å². The molecule has 14 heavy (non-hydrogen) atoms. The minimum absolute atomic E-state index is 0.306. The fraction of sp³-hybridized carbons (Fsp3) is 0.889. The Labute approximate surface area is 88.6 Å².